The van der Waals surface area contributed by atoms with Crippen LogP contribution in [0.2, 0.25) is 0 Å². The van der Waals surface area contributed by atoms with E-state index in [0.717, 1.165) is 48.0 Å². The van der Waals surface area contributed by atoms with Crippen LogP contribution in [0, 0.1) is 18.8 Å². The topological polar surface area (TPSA) is 20.3 Å². The lowest BCUT2D eigenvalue weighted by atomic mass is 9.86. The third-order valence-corrected chi connectivity index (χ3v) is 4.13. The molecule has 0 amide bonds. The Morgan fingerprint density at radius 2 is 1.94 bits per heavy atom. The largest absolute Gasteiger partial charge is 0.371 e. The lowest BCUT2D eigenvalue weighted by Crippen LogP contribution is -2.35. The summed E-state index contributed by atoms with van der Waals surface area (Å²) in [6.07, 6.45) is 3.46. The molecule has 0 bridgehead atoms. The van der Waals surface area contributed by atoms with Gasteiger partial charge >= 0.3 is 0 Å². The summed E-state index contributed by atoms with van der Waals surface area (Å²) in [5.41, 5.74) is 3.09. The van der Waals surface area contributed by atoms with E-state index in [9.17, 15) is 4.79 Å². The highest BCUT2D eigenvalue weighted by molar-refractivity contribution is 5.85. The first-order valence-corrected chi connectivity index (χ1v) is 6.92. The molecule has 0 N–H and O–H groups in total. The first-order chi connectivity index (χ1) is 8.61. The van der Waals surface area contributed by atoms with Crippen LogP contribution in [0.1, 0.15) is 42.6 Å². The molecule has 1 heterocycles. The van der Waals surface area contributed by atoms with Crippen molar-refractivity contribution in [1.82, 2.24) is 0 Å². The van der Waals surface area contributed by atoms with Gasteiger partial charge in [-0.25, -0.2) is 0 Å². The van der Waals surface area contributed by atoms with E-state index >= 15 is 0 Å². The van der Waals surface area contributed by atoms with Gasteiger partial charge in [0.2, 0.25) is 0 Å². The van der Waals surface area contributed by atoms with Crippen molar-refractivity contribution in [2.45, 2.75) is 33.6 Å². The van der Waals surface area contributed by atoms with Gasteiger partial charge in [0, 0.05) is 24.3 Å². The molecule has 1 aliphatic rings. The predicted molar refractivity (Wildman–Crippen MR) is 76.3 cm³/mol. The summed E-state index contributed by atoms with van der Waals surface area (Å²) in [6, 6.07) is 6.17. The Hall–Kier alpha value is -1.31. The van der Waals surface area contributed by atoms with Gasteiger partial charge in [-0.3, -0.25) is 4.79 Å². The van der Waals surface area contributed by atoms with Crippen LogP contribution in [0.5, 0.6) is 0 Å². The van der Waals surface area contributed by atoms with E-state index in [1.165, 1.54) is 12.8 Å². The second kappa shape index (κ2) is 5.55. The first kappa shape index (κ1) is 13.1. The minimum absolute atomic E-state index is 0.774. The molecule has 1 aliphatic heterocycles. The number of carbonyl (C=O) groups excluding carboxylic acids is 1. The fourth-order valence-electron chi connectivity index (χ4n) is 2.86. The molecule has 1 aromatic carbocycles. The summed E-state index contributed by atoms with van der Waals surface area (Å²) in [5.74, 6) is 1.61. The van der Waals surface area contributed by atoms with Crippen LogP contribution in [0.15, 0.2) is 18.2 Å². The van der Waals surface area contributed by atoms with Crippen LogP contribution in [-0.2, 0) is 0 Å². The monoisotopic (exact) mass is 245 g/mol. The smallest absolute Gasteiger partial charge is 0.152 e. The van der Waals surface area contributed by atoms with Crippen LogP contribution >= 0.6 is 0 Å². The van der Waals surface area contributed by atoms with E-state index in [4.69, 9.17) is 0 Å². The third kappa shape index (κ3) is 2.74. The van der Waals surface area contributed by atoms with E-state index < -0.39 is 0 Å². The van der Waals surface area contributed by atoms with Crippen LogP contribution < -0.4 is 4.90 Å². The van der Waals surface area contributed by atoms with Crippen molar-refractivity contribution in [2.24, 2.45) is 11.8 Å². The molecule has 0 atom stereocenters. The minimum Gasteiger partial charge on any atom is -0.371 e. The van der Waals surface area contributed by atoms with E-state index in [0.29, 0.717) is 0 Å². The number of aldehydes is 1. The van der Waals surface area contributed by atoms with Crippen LogP contribution in [0.4, 0.5) is 5.69 Å². The van der Waals surface area contributed by atoms with Crippen LogP contribution in [-0.4, -0.2) is 19.4 Å². The summed E-state index contributed by atoms with van der Waals surface area (Å²) in [6.45, 7) is 8.80. The summed E-state index contributed by atoms with van der Waals surface area (Å²) in [5, 5.41) is 0. The van der Waals surface area contributed by atoms with Crippen molar-refractivity contribution in [2.75, 3.05) is 18.0 Å². The van der Waals surface area contributed by atoms with Crippen molar-refractivity contribution in [3.8, 4) is 0 Å². The lowest BCUT2D eigenvalue weighted by Gasteiger charge is -2.36. The van der Waals surface area contributed by atoms with Gasteiger partial charge in [-0.1, -0.05) is 25.5 Å². The Kier molecular flexibility index (Phi) is 4.05. The van der Waals surface area contributed by atoms with Gasteiger partial charge in [0.15, 0.2) is 6.29 Å². The van der Waals surface area contributed by atoms with Gasteiger partial charge in [0.25, 0.3) is 0 Å². The van der Waals surface area contributed by atoms with Gasteiger partial charge in [-0.15, -0.1) is 0 Å². The highest BCUT2D eigenvalue weighted by atomic mass is 16.1. The number of aryl methyl sites for hydroxylation is 1. The number of nitrogens with zero attached hydrogens (tertiary/aromatic N) is 1. The zero-order valence-corrected chi connectivity index (χ0v) is 11.6. The number of piperidine rings is 1. The van der Waals surface area contributed by atoms with Crippen LogP contribution in [0.25, 0.3) is 0 Å². The highest BCUT2D eigenvalue weighted by Crippen LogP contribution is 2.29. The zero-order valence-electron chi connectivity index (χ0n) is 11.6. The average Bonchev–Trinajstić information content (AvgIpc) is 2.38. The van der Waals surface area contributed by atoms with Gasteiger partial charge < -0.3 is 4.90 Å². The molecule has 18 heavy (non-hydrogen) atoms. The molecule has 1 aromatic rings. The van der Waals surface area contributed by atoms with Crippen LogP contribution in [0.3, 0.4) is 0 Å². The predicted octanol–water partition coefficient (Wildman–Crippen LogP) is 3.68. The van der Waals surface area contributed by atoms with Crippen molar-refractivity contribution >= 4 is 12.0 Å². The maximum Gasteiger partial charge on any atom is 0.152 e. The number of rotatable bonds is 3. The van der Waals surface area contributed by atoms with Gasteiger partial charge in [-0.05, 0) is 43.7 Å². The lowest BCUT2D eigenvalue weighted by molar-refractivity contribution is 0.112. The molecule has 2 nitrogen and oxygen atoms in total. The quantitative estimate of drug-likeness (QED) is 0.757. The number of benzene rings is 1. The Bertz CT molecular complexity index is 417. The Labute approximate surface area is 110 Å². The van der Waals surface area contributed by atoms with Gasteiger partial charge in [0.05, 0.1) is 0 Å². The molecule has 0 aliphatic carbocycles. The summed E-state index contributed by atoms with van der Waals surface area (Å²) in [7, 11) is 0. The van der Waals surface area contributed by atoms with E-state index in [1.54, 1.807) is 0 Å². The minimum atomic E-state index is 0.774. The summed E-state index contributed by atoms with van der Waals surface area (Å²) < 4.78 is 0. The molecule has 1 fully saturated rings. The second-order valence-electron chi connectivity index (χ2n) is 5.75. The number of hydrogen-bond donors (Lipinski definition) is 0. The van der Waals surface area contributed by atoms with Crippen molar-refractivity contribution in [3.05, 3.63) is 29.3 Å². The normalized spacial score (nSPS) is 17.2. The van der Waals surface area contributed by atoms with E-state index in [-0.39, 0.29) is 0 Å². The number of carbonyl (C=O) groups is 1. The Morgan fingerprint density at radius 3 is 2.50 bits per heavy atom. The maximum absolute atomic E-state index is 11.2. The molecule has 2 heteroatoms. The number of hydrogen-bond acceptors (Lipinski definition) is 2. The van der Waals surface area contributed by atoms with E-state index in [1.807, 2.05) is 13.0 Å². The maximum atomic E-state index is 11.2. The second-order valence-corrected chi connectivity index (χ2v) is 5.75. The van der Waals surface area contributed by atoms with Gasteiger partial charge in [0.1, 0.15) is 0 Å². The molecule has 2 rings (SSSR count). The molecule has 0 spiro atoms. The standard InChI is InChI=1S/C16H23NO/c1-12(2)14-6-8-17(9-7-14)16-5-4-13(3)10-15(16)11-18/h4-5,10-12,14H,6-9H2,1-3H3. The Morgan fingerprint density at radius 1 is 1.28 bits per heavy atom. The number of anilines is 1. The van der Waals surface area contributed by atoms with Crippen molar-refractivity contribution in [1.29, 1.82) is 0 Å². The molecule has 0 radical (unpaired) electrons. The first-order valence-electron chi connectivity index (χ1n) is 6.92. The Balaban J connectivity index is 2.12. The summed E-state index contributed by atoms with van der Waals surface area (Å²) in [4.78, 5) is 13.5. The SMILES string of the molecule is Cc1ccc(N2CCC(C(C)C)CC2)c(C=O)c1. The molecule has 98 valence electrons. The molecule has 0 saturated carbocycles. The molecule has 0 unspecified atom stereocenters. The van der Waals surface area contributed by atoms with E-state index in [2.05, 4.69) is 30.9 Å². The van der Waals surface area contributed by atoms with Crippen molar-refractivity contribution < 1.29 is 4.79 Å². The average molecular weight is 245 g/mol. The highest BCUT2D eigenvalue weighted by Gasteiger charge is 2.22. The van der Waals surface area contributed by atoms with Gasteiger partial charge in [-0.2, -0.15) is 0 Å². The molecular formula is C16H23NO. The fourth-order valence-corrected chi connectivity index (χ4v) is 2.86. The zero-order chi connectivity index (χ0) is 13.1. The fraction of sp³-hybridized carbons (Fsp3) is 0.562. The summed E-state index contributed by atoms with van der Waals surface area (Å²) >= 11 is 0. The molecular weight excluding hydrogens is 222 g/mol. The molecule has 1 saturated heterocycles. The molecule has 0 aromatic heterocycles. The van der Waals surface area contributed by atoms with Crippen molar-refractivity contribution in [3.63, 3.8) is 0 Å². The third-order valence-electron chi connectivity index (χ3n) is 4.13.